The monoisotopic (exact) mass is 488 g/mol. The van der Waals surface area contributed by atoms with E-state index in [4.69, 9.17) is 9.47 Å². The molecule has 4 rings (SSSR count). The molecule has 0 radical (unpaired) electrons. The second-order valence-electron chi connectivity index (χ2n) is 10.2. The standard InChI is InChI=1S/C29H32N2O5/c1-19-15-22(24-7-5-6-8-25(24)30-19)18-35-23-11-9-21(10-12-23)27(33)26-16-20(17-32)13-14-31(26)28(34)36-29(2,3)4/h5-12,15,17,20,26H,13-14,16,18H2,1-4H3. The number of hydrogen-bond donors (Lipinski definition) is 0. The molecule has 3 aromatic rings. The number of likely N-dealkylation sites (tertiary alicyclic amines) is 1. The largest absolute Gasteiger partial charge is 0.489 e. The molecule has 1 saturated heterocycles. The van der Waals surface area contributed by atoms with Crippen molar-refractivity contribution in [3.63, 3.8) is 0 Å². The smallest absolute Gasteiger partial charge is 0.410 e. The molecule has 1 aromatic heterocycles. The summed E-state index contributed by atoms with van der Waals surface area (Å²) in [5, 5.41) is 1.04. The SMILES string of the molecule is Cc1cc(COc2ccc(C(=O)C3CC(C=O)CCN3C(=O)OC(C)(C)C)cc2)c2ccccc2n1. The number of aryl methyl sites for hydroxylation is 1. The molecule has 0 aliphatic carbocycles. The fourth-order valence-corrected chi connectivity index (χ4v) is 4.49. The number of ether oxygens (including phenoxy) is 2. The molecule has 1 fully saturated rings. The summed E-state index contributed by atoms with van der Waals surface area (Å²) in [7, 11) is 0. The van der Waals surface area contributed by atoms with Gasteiger partial charge in [0.1, 0.15) is 24.2 Å². The van der Waals surface area contributed by atoms with E-state index in [1.54, 1.807) is 45.0 Å². The van der Waals surface area contributed by atoms with Gasteiger partial charge < -0.3 is 14.3 Å². The average molecular weight is 489 g/mol. The van der Waals surface area contributed by atoms with Crippen LogP contribution in [0.2, 0.25) is 0 Å². The Morgan fingerprint density at radius 3 is 2.53 bits per heavy atom. The molecule has 0 bridgehead atoms. The van der Waals surface area contributed by atoms with Gasteiger partial charge in [-0.15, -0.1) is 0 Å². The van der Waals surface area contributed by atoms with Crippen molar-refractivity contribution in [3.8, 4) is 5.75 Å². The third-order valence-corrected chi connectivity index (χ3v) is 6.23. The molecule has 1 aliphatic heterocycles. The van der Waals surface area contributed by atoms with E-state index in [0.717, 1.165) is 28.4 Å². The molecule has 7 heteroatoms. The summed E-state index contributed by atoms with van der Waals surface area (Å²) in [5.41, 5.74) is 2.66. The van der Waals surface area contributed by atoms with Crippen molar-refractivity contribution in [2.75, 3.05) is 6.54 Å². The average Bonchev–Trinajstić information content (AvgIpc) is 2.85. The lowest BCUT2D eigenvalue weighted by molar-refractivity contribution is -0.112. The van der Waals surface area contributed by atoms with E-state index in [0.29, 0.717) is 30.9 Å². The lowest BCUT2D eigenvalue weighted by Gasteiger charge is -2.37. The number of benzene rings is 2. The molecule has 36 heavy (non-hydrogen) atoms. The molecule has 0 saturated carbocycles. The highest BCUT2D eigenvalue weighted by Gasteiger charge is 2.38. The van der Waals surface area contributed by atoms with Gasteiger partial charge in [0.2, 0.25) is 0 Å². The first-order chi connectivity index (χ1) is 17.1. The highest BCUT2D eigenvalue weighted by molar-refractivity contribution is 6.02. The summed E-state index contributed by atoms with van der Waals surface area (Å²) in [6.45, 7) is 7.98. The molecule has 0 spiro atoms. The fourth-order valence-electron chi connectivity index (χ4n) is 4.49. The van der Waals surface area contributed by atoms with E-state index < -0.39 is 17.7 Å². The molecule has 0 N–H and O–H groups in total. The van der Waals surface area contributed by atoms with Gasteiger partial charge in [-0.05, 0) is 76.9 Å². The zero-order valence-electron chi connectivity index (χ0n) is 21.2. The van der Waals surface area contributed by atoms with Gasteiger partial charge in [-0.1, -0.05) is 18.2 Å². The number of Topliss-reactive ketones (excluding diaryl/α,β-unsaturated/α-hetero) is 1. The van der Waals surface area contributed by atoms with Crippen LogP contribution in [-0.2, 0) is 16.1 Å². The quantitative estimate of drug-likeness (QED) is 0.335. The van der Waals surface area contributed by atoms with Crippen LogP contribution in [0.3, 0.4) is 0 Å². The number of aldehydes is 1. The van der Waals surface area contributed by atoms with Crippen LogP contribution in [0.1, 0.15) is 55.2 Å². The highest BCUT2D eigenvalue weighted by Crippen LogP contribution is 2.27. The van der Waals surface area contributed by atoms with Crippen LogP contribution >= 0.6 is 0 Å². The van der Waals surface area contributed by atoms with E-state index in [2.05, 4.69) is 4.98 Å². The van der Waals surface area contributed by atoms with Crippen molar-refractivity contribution in [2.24, 2.45) is 5.92 Å². The minimum atomic E-state index is -0.748. The third-order valence-electron chi connectivity index (χ3n) is 6.23. The van der Waals surface area contributed by atoms with Crippen molar-refractivity contribution in [2.45, 2.75) is 58.8 Å². The minimum Gasteiger partial charge on any atom is -0.489 e. The molecule has 2 aromatic carbocycles. The van der Waals surface area contributed by atoms with Crippen LogP contribution in [0.25, 0.3) is 10.9 Å². The Labute approximate surface area is 211 Å². The van der Waals surface area contributed by atoms with Gasteiger partial charge in [-0.3, -0.25) is 14.7 Å². The first kappa shape index (κ1) is 25.4. The molecule has 188 valence electrons. The summed E-state index contributed by atoms with van der Waals surface area (Å²) in [6.07, 6.45) is 1.13. The van der Waals surface area contributed by atoms with E-state index in [-0.39, 0.29) is 18.1 Å². The van der Waals surface area contributed by atoms with Crippen molar-refractivity contribution in [3.05, 3.63) is 71.4 Å². The number of ketones is 1. The maximum absolute atomic E-state index is 13.4. The van der Waals surface area contributed by atoms with Crippen molar-refractivity contribution in [1.29, 1.82) is 0 Å². The lowest BCUT2D eigenvalue weighted by Crippen LogP contribution is -2.51. The van der Waals surface area contributed by atoms with Gasteiger partial charge >= 0.3 is 6.09 Å². The zero-order chi connectivity index (χ0) is 25.9. The highest BCUT2D eigenvalue weighted by atomic mass is 16.6. The predicted molar refractivity (Wildman–Crippen MR) is 137 cm³/mol. The summed E-state index contributed by atoms with van der Waals surface area (Å²) in [6, 6.07) is 16.1. The van der Waals surface area contributed by atoms with Crippen LogP contribution in [0, 0.1) is 12.8 Å². The number of nitrogens with zero attached hydrogens (tertiary/aromatic N) is 2. The van der Waals surface area contributed by atoms with Gasteiger partial charge in [-0.2, -0.15) is 0 Å². The first-order valence-electron chi connectivity index (χ1n) is 12.2. The number of carbonyl (C=O) groups excluding carboxylic acids is 3. The Kier molecular flexibility index (Phi) is 7.38. The summed E-state index contributed by atoms with van der Waals surface area (Å²) in [5.74, 6) is 0.150. The zero-order valence-corrected chi connectivity index (χ0v) is 21.2. The Balaban J connectivity index is 1.48. The Hall–Kier alpha value is -3.74. The van der Waals surface area contributed by atoms with E-state index in [9.17, 15) is 14.4 Å². The summed E-state index contributed by atoms with van der Waals surface area (Å²) in [4.78, 5) is 43.6. The molecule has 1 amide bonds. The van der Waals surface area contributed by atoms with Gasteiger partial charge in [0.25, 0.3) is 0 Å². The normalized spacial score (nSPS) is 18.1. The van der Waals surface area contributed by atoms with Crippen molar-refractivity contribution >= 4 is 29.1 Å². The Bertz CT molecular complexity index is 1260. The minimum absolute atomic E-state index is 0.213. The predicted octanol–water partition coefficient (Wildman–Crippen LogP) is 5.52. The molecule has 1 aliphatic rings. The van der Waals surface area contributed by atoms with Crippen molar-refractivity contribution in [1.82, 2.24) is 9.88 Å². The fraction of sp³-hybridized carbons (Fsp3) is 0.379. The second kappa shape index (κ2) is 10.5. The third kappa shape index (κ3) is 5.90. The van der Waals surface area contributed by atoms with E-state index in [1.807, 2.05) is 37.3 Å². The van der Waals surface area contributed by atoms with Crippen LogP contribution in [0.15, 0.2) is 54.6 Å². The summed E-state index contributed by atoms with van der Waals surface area (Å²) < 4.78 is 11.5. The Morgan fingerprint density at radius 2 is 1.83 bits per heavy atom. The van der Waals surface area contributed by atoms with E-state index >= 15 is 0 Å². The number of pyridine rings is 1. The van der Waals surface area contributed by atoms with E-state index in [1.165, 1.54) is 4.90 Å². The lowest BCUT2D eigenvalue weighted by atomic mass is 9.88. The number of piperidine rings is 1. The molecule has 2 atom stereocenters. The Morgan fingerprint density at radius 1 is 1.11 bits per heavy atom. The van der Waals surface area contributed by atoms with Gasteiger partial charge in [-0.25, -0.2) is 4.79 Å². The molecule has 7 nitrogen and oxygen atoms in total. The number of carbonyl (C=O) groups is 3. The van der Waals surface area contributed by atoms with Gasteiger partial charge in [0, 0.05) is 34.7 Å². The molecule has 2 heterocycles. The molecule has 2 unspecified atom stereocenters. The molecular formula is C29H32N2O5. The number of para-hydroxylation sites is 1. The van der Waals surface area contributed by atoms with Gasteiger partial charge in [0.05, 0.1) is 11.6 Å². The maximum atomic E-state index is 13.4. The van der Waals surface area contributed by atoms with Crippen LogP contribution < -0.4 is 4.74 Å². The topological polar surface area (TPSA) is 85.8 Å². The number of rotatable bonds is 6. The number of aromatic nitrogens is 1. The number of amides is 1. The van der Waals surface area contributed by atoms with Gasteiger partial charge in [0.15, 0.2) is 5.78 Å². The van der Waals surface area contributed by atoms with Crippen LogP contribution in [0.4, 0.5) is 4.79 Å². The maximum Gasteiger partial charge on any atom is 0.410 e. The van der Waals surface area contributed by atoms with Crippen molar-refractivity contribution < 1.29 is 23.9 Å². The second-order valence-corrected chi connectivity index (χ2v) is 10.2. The van der Waals surface area contributed by atoms with Crippen LogP contribution in [0.5, 0.6) is 5.75 Å². The number of hydrogen-bond acceptors (Lipinski definition) is 6. The number of fused-ring (bicyclic) bond motifs is 1. The van der Waals surface area contributed by atoms with Crippen LogP contribution in [-0.4, -0.2) is 46.2 Å². The summed E-state index contributed by atoms with van der Waals surface area (Å²) >= 11 is 0. The molecular weight excluding hydrogens is 456 g/mol. The first-order valence-corrected chi connectivity index (χ1v) is 12.2.